The molecule has 8 nitrogen and oxygen atoms in total. The van der Waals surface area contributed by atoms with Gasteiger partial charge in [0.25, 0.3) is 10.0 Å². The van der Waals surface area contributed by atoms with E-state index in [2.05, 4.69) is 10.6 Å². The van der Waals surface area contributed by atoms with E-state index in [1.54, 1.807) is 24.8 Å². The first-order chi connectivity index (χ1) is 15.7. The van der Waals surface area contributed by atoms with Crippen molar-refractivity contribution < 1.29 is 18.0 Å². The van der Waals surface area contributed by atoms with Crippen molar-refractivity contribution in [1.29, 1.82) is 0 Å². The summed E-state index contributed by atoms with van der Waals surface area (Å²) in [6.45, 7) is 9.14. The molecule has 1 aromatic carbocycles. The zero-order valence-electron chi connectivity index (χ0n) is 19.6. The molecule has 10 heteroatoms. The summed E-state index contributed by atoms with van der Waals surface area (Å²) in [6, 6.07) is 8.67. The third kappa shape index (κ3) is 5.74. The van der Waals surface area contributed by atoms with Gasteiger partial charge < -0.3 is 10.2 Å². The number of para-hydroxylation sites is 1. The molecule has 3 amide bonds. The summed E-state index contributed by atoms with van der Waals surface area (Å²) >= 11 is 1.04. The maximum atomic E-state index is 12.9. The molecule has 0 spiro atoms. The number of benzene rings is 1. The van der Waals surface area contributed by atoms with E-state index in [4.69, 9.17) is 0 Å². The van der Waals surface area contributed by atoms with E-state index in [9.17, 15) is 18.0 Å². The summed E-state index contributed by atoms with van der Waals surface area (Å²) in [5, 5.41) is 6.30. The van der Waals surface area contributed by atoms with Crippen molar-refractivity contribution in [2.24, 2.45) is 5.92 Å². The highest BCUT2D eigenvalue weighted by Gasteiger charge is 2.30. The van der Waals surface area contributed by atoms with Gasteiger partial charge in [0, 0.05) is 31.9 Å². The van der Waals surface area contributed by atoms with Crippen molar-refractivity contribution in [2.45, 2.75) is 44.7 Å². The Kier molecular flexibility index (Phi) is 8.14. The lowest BCUT2D eigenvalue weighted by atomic mass is 9.97. The van der Waals surface area contributed by atoms with Crippen LogP contribution in [0.25, 0.3) is 0 Å². The molecular weight excluding hydrogens is 460 g/mol. The summed E-state index contributed by atoms with van der Waals surface area (Å²) < 4.78 is 26.9. The zero-order chi connectivity index (χ0) is 24.2. The number of likely N-dealkylation sites (tertiary alicyclic amines) is 1. The number of nitrogens with zero attached hydrogens (tertiary/aromatic N) is 2. The fraction of sp³-hybridized carbons (Fsp3) is 0.478. The minimum Gasteiger partial charge on any atom is -0.325 e. The van der Waals surface area contributed by atoms with Gasteiger partial charge in [0.1, 0.15) is 4.21 Å². The molecule has 3 rings (SSSR count). The molecule has 1 unspecified atom stereocenters. The number of hydrogen-bond acceptors (Lipinski definition) is 5. The Labute approximate surface area is 200 Å². The number of hydrogen-bond donors (Lipinski definition) is 2. The van der Waals surface area contributed by atoms with E-state index in [1.165, 1.54) is 10.4 Å². The number of aryl methyl sites for hydroxylation is 2. The number of sulfonamides is 1. The summed E-state index contributed by atoms with van der Waals surface area (Å²) in [5.74, 6) is -0.390. The standard InChI is InChI=1S/C23H32N4O4S2/c1-5-27(6-2)33(30,31)20-13-12-19(32-20)24-23(29)26-14-8-11-18(15-26)22(28)25-21-16(3)9-7-10-17(21)4/h7,9-10,12-13,18H,5-6,8,11,14-15H2,1-4H3,(H,24,29)(H,25,28). The van der Waals surface area contributed by atoms with Crippen LogP contribution in [-0.2, 0) is 14.8 Å². The SMILES string of the molecule is CCN(CC)S(=O)(=O)c1ccc(NC(=O)N2CCCC(C(=O)Nc3c(C)cccc3C)C2)s1. The largest absolute Gasteiger partial charge is 0.325 e. The van der Waals surface area contributed by atoms with Gasteiger partial charge in [-0.1, -0.05) is 32.0 Å². The summed E-state index contributed by atoms with van der Waals surface area (Å²) in [5.41, 5.74) is 2.83. The van der Waals surface area contributed by atoms with Gasteiger partial charge in [-0.3, -0.25) is 10.1 Å². The molecule has 1 aromatic heterocycles. The Hall–Kier alpha value is -2.43. The van der Waals surface area contributed by atoms with Crippen LogP contribution in [-0.4, -0.2) is 55.7 Å². The van der Waals surface area contributed by atoms with Gasteiger partial charge in [-0.15, -0.1) is 11.3 Å². The highest BCUT2D eigenvalue weighted by atomic mass is 32.2. The molecule has 0 aliphatic carbocycles. The van der Waals surface area contributed by atoms with Crippen molar-refractivity contribution in [2.75, 3.05) is 36.8 Å². The average molecular weight is 493 g/mol. The van der Waals surface area contributed by atoms with Gasteiger partial charge in [-0.05, 0) is 49.9 Å². The third-order valence-electron chi connectivity index (χ3n) is 5.92. The Morgan fingerprint density at radius 1 is 1.09 bits per heavy atom. The number of anilines is 2. The normalized spacial score (nSPS) is 16.6. The number of rotatable bonds is 7. The molecule has 1 aliphatic rings. The maximum absolute atomic E-state index is 12.9. The first-order valence-electron chi connectivity index (χ1n) is 11.2. The molecule has 1 aliphatic heterocycles. The second-order valence-corrected chi connectivity index (χ2v) is 11.4. The lowest BCUT2D eigenvalue weighted by Gasteiger charge is -2.32. The average Bonchev–Trinajstić information content (AvgIpc) is 3.26. The van der Waals surface area contributed by atoms with Crippen molar-refractivity contribution in [3.8, 4) is 0 Å². The van der Waals surface area contributed by atoms with Crippen molar-refractivity contribution >= 4 is 44.0 Å². The van der Waals surface area contributed by atoms with Crippen LogP contribution in [0.5, 0.6) is 0 Å². The fourth-order valence-electron chi connectivity index (χ4n) is 4.01. The number of urea groups is 1. The number of amides is 3. The van der Waals surface area contributed by atoms with Crippen LogP contribution < -0.4 is 10.6 Å². The van der Waals surface area contributed by atoms with Gasteiger partial charge in [-0.25, -0.2) is 13.2 Å². The zero-order valence-corrected chi connectivity index (χ0v) is 21.2. The van der Waals surface area contributed by atoms with E-state index in [0.29, 0.717) is 37.6 Å². The number of thiophene rings is 1. The Balaban J connectivity index is 1.63. The minimum absolute atomic E-state index is 0.0892. The number of piperidine rings is 1. The second-order valence-electron chi connectivity index (χ2n) is 8.18. The summed E-state index contributed by atoms with van der Waals surface area (Å²) in [7, 11) is -3.56. The first kappa shape index (κ1) is 25.2. The molecule has 0 saturated carbocycles. The quantitative estimate of drug-likeness (QED) is 0.603. The van der Waals surface area contributed by atoms with Crippen molar-refractivity contribution in [3.05, 3.63) is 41.5 Å². The Bertz CT molecular complexity index is 1090. The number of carbonyl (C=O) groups is 2. The lowest BCUT2D eigenvalue weighted by Crippen LogP contribution is -2.45. The molecule has 2 N–H and O–H groups in total. The number of nitrogens with one attached hydrogen (secondary N) is 2. The van der Waals surface area contributed by atoms with Gasteiger partial charge in [0.05, 0.1) is 10.9 Å². The lowest BCUT2D eigenvalue weighted by molar-refractivity contribution is -0.121. The fourth-order valence-corrected chi connectivity index (χ4v) is 6.82. The topological polar surface area (TPSA) is 98.8 Å². The molecular formula is C23H32N4O4S2. The van der Waals surface area contributed by atoms with E-state index in [0.717, 1.165) is 34.6 Å². The predicted molar refractivity (Wildman–Crippen MR) is 132 cm³/mol. The highest BCUT2D eigenvalue weighted by molar-refractivity contribution is 7.91. The Morgan fingerprint density at radius 2 is 1.76 bits per heavy atom. The predicted octanol–water partition coefficient (Wildman–Crippen LogP) is 4.28. The van der Waals surface area contributed by atoms with Crippen LogP contribution in [0.3, 0.4) is 0 Å². The Morgan fingerprint density at radius 3 is 2.39 bits per heavy atom. The molecule has 1 saturated heterocycles. The van der Waals surface area contributed by atoms with Crippen LogP contribution in [0.4, 0.5) is 15.5 Å². The molecule has 0 radical (unpaired) electrons. The van der Waals surface area contributed by atoms with Crippen molar-refractivity contribution in [1.82, 2.24) is 9.21 Å². The highest BCUT2D eigenvalue weighted by Crippen LogP contribution is 2.29. The minimum atomic E-state index is -3.56. The van der Waals surface area contributed by atoms with Gasteiger partial charge in [0.2, 0.25) is 5.91 Å². The monoisotopic (exact) mass is 492 g/mol. The second kappa shape index (κ2) is 10.7. The van der Waals surface area contributed by atoms with Crippen molar-refractivity contribution in [3.63, 3.8) is 0 Å². The smallest absolute Gasteiger partial charge is 0.322 e. The van der Waals surface area contributed by atoms with Crippen LogP contribution in [0, 0.1) is 19.8 Å². The molecule has 33 heavy (non-hydrogen) atoms. The molecule has 1 fully saturated rings. The first-order valence-corrected chi connectivity index (χ1v) is 13.5. The third-order valence-corrected chi connectivity index (χ3v) is 9.44. The molecule has 0 bridgehead atoms. The molecule has 180 valence electrons. The van der Waals surface area contributed by atoms with Gasteiger partial charge in [0.15, 0.2) is 0 Å². The summed E-state index contributed by atoms with van der Waals surface area (Å²) in [6.07, 6.45) is 1.44. The molecule has 2 heterocycles. The van der Waals surface area contributed by atoms with E-state index < -0.39 is 10.0 Å². The van der Waals surface area contributed by atoms with Crippen LogP contribution in [0.2, 0.25) is 0 Å². The van der Waals surface area contributed by atoms with E-state index in [-0.39, 0.29) is 22.1 Å². The molecule has 1 atom stereocenters. The summed E-state index contributed by atoms with van der Waals surface area (Å²) in [4.78, 5) is 27.4. The van der Waals surface area contributed by atoms with Gasteiger partial charge in [-0.2, -0.15) is 4.31 Å². The maximum Gasteiger partial charge on any atom is 0.322 e. The van der Waals surface area contributed by atoms with E-state index >= 15 is 0 Å². The van der Waals surface area contributed by atoms with Crippen LogP contribution in [0.15, 0.2) is 34.5 Å². The van der Waals surface area contributed by atoms with Gasteiger partial charge >= 0.3 is 6.03 Å². The van der Waals surface area contributed by atoms with E-state index in [1.807, 2.05) is 32.0 Å². The molecule has 2 aromatic rings. The van der Waals surface area contributed by atoms with Crippen LogP contribution >= 0.6 is 11.3 Å². The number of carbonyl (C=O) groups excluding carboxylic acids is 2. The van der Waals surface area contributed by atoms with Crippen LogP contribution in [0.1, 0.15) is 37.8 Å².